The van der Waals surface area contributed by atoms with Crippen LogP contribution in [0.3, 0.4) is 0 Å². The number of benzene rings is 2. The first kappa shape index (κ1) is 20.0. The maximum atomic E-state index is 11.8. The Morgan fingerprint density at radius 1 is 1.14 bits per heavy atom. The standard InChI is InChI=1S/C22H20Cl2N2O3/c1-3-29-22-19(20(27)21(22)28)25-14-6-4-12(5-7-14)16-10-26(2)11-17-15(16)8-13(23)9-18(17)24/h4-9,16,25H,3,10-11H2,1-2H3/t16-/m0/s1. The molecule has 4 rings (SSSR count). The fraction of sp³-hybridized carbons (Fsp3) is 0.273. The number of hydrogen-bond donors (Lipinski definition) is 1. The molecule has 0 saturated carbocycles. The lowest BCUT2D eigenvalue weighted by atomic mass is 9.84. The number of likely N-dealkylation sites (N-methyl/N-ethyl adjacent to an activating group) is 1. The molecule has 3 aromatic carbocycles. The van der Waals surface area contributed by atoms with Gasteiger partial charge >= 0.3 is 0 Å². The van der Waals surface area contributed by atoms with Gasteiger partial charge in [-0.2, -0.15) is 0 Å². The number of nitrogens with one attached hydrogen (secondary N) is 1. The molecule has 0 spiro atoms. The number of hydrogen-bond acceptors (Lipinski definition) is 5. The van der Waals surface area contributed by atoms with E-state index in [1.165, 1.54) is 0 Å². The van der Waals surface area contributed by atoms with Crippen LogP contribution in [0.1, 0.15) is 29.5 Å². The molecule has 150 valence electrons. The Morgan fingerprint density at radius 3 is 2.55 bits per heavy atom. The second kappa shape index (κ2) is 7.82. The van der Waals surface area contributed by atoms with Crippen LogP contribution in [0.4, 0.5) is 11.4 Å². The molecule has 5 nitrogen and oxygen atoms in total. The molecule has 1 aliphatic rings. The first-order valence-corrected chi connectivity index (χ1v) is 10.1. The molecule has 0 fully saturated rings. The average Bonchev–Trinajstić information content (AvgIpc) is 2.71. The summed E-state index contributed by atoms with van der Waals surface area (Å²) in [6, 6.07) is 11.6. The van der Waals surface area contributed by atoms with E-state index in [0.717, 1.165) is 35.5 Å². The molecule has 0 unspecified atom stereocenters. The zero-order chi connectivity index (χ0) is 20.7. The van der Waals surface area contributed by atoms with Gasteiger partial charge in [0.2, 0.25) is 0 Å². The number of rotatable bonds is 5. The molecule has 1 N–H and O–H groups in total. The van der Waals surface area contributed by atoms with Crippen molar-refractivity contribution in [1.82, 2.24) is 4.90 Å². The van der Waals surface area contributed by atoms with E-state index in [-0.39, 0.29) is 17.4 Å². The molecular weight excluding hydrogens is 411 g/mol. The summed E-state index contributed by atoms with van der Waals surface area (Å²) >= 11 is 12.7. The summed E-state index contributed by atoms with van der Waals surface area (Å²) in [7, 11) is 2.07. The number of fused-ring (bicyclic) bond motifs is 1. The maximum Gasteiger partial charge on any atom is 0.272 e. The van der Waals surface area contributed by atoms with Crippen LogP contribution in [0, 0.1) is 0 Å². The summed E-state index contributed by atoms with van der Waals surface area (Å²) in [4.78, 5) is 25.7. The smallest absolute Gasteiger partial charge is 0.272 e. The molecule has 0 aromatic heterocycles. The van der Waals surface area contributed by atoms with Gasteiger partial charge in [0.15, 0.2) is 5.75 Å². The molecule has 3 aromatic rings. The zero-order valence-electron chi connectivity index (χ0n) is 16.1. The minimum atomic E-state index is -0.582. The Hall–Kier alpha value is -2.34. The highest BCUT2D eigenvalue weighted by Crippen LogP contribution is 2.38. The van der Waals surface area contributed by atoms with E-state index in [1.807, 2.05) is 30.3 Å². The molecule has 0 aliphatic carbocycles. The molecule has 0 saturated heterocycles. The average molecular weight is 431 g/mol. The quantitative estimate of drug-likeness (QED) is 0.611. The van der Waals surface area contributed by atoms with Crippen LogP contribution in [0.2, 0.25) is 10.0 Å². The molecule has 1 aliphatic heterocycles. The van der Waals surface area contributed by atoms with Crippen LogP contribution in [-0.4, -0.2) is 25.1 Å². The van der Waals surface area contributed by atoms with Gasteiger partial charge in [-0.25, -0.2) is 0 Å². The lowest BCUT2D eigenvalue weighted by molar-refractivity contribution is 0.295. The van der Waals surface area contributed by atoms with E-state index >= 15 is 0 Å². The predicted octanol–water partition coefficient (Wildman–Crippen LogP) is 4.31. The third-order valence-electron chi connectivity index (χ3n) is 5.23. The fourth-order valence-electron chi connectivity index (χ4n) is 3.84. The number of anilines is 2. The second-order valence-electron chi connectivity index (χ2n) is 7.25. The highest BCUT2D eigenvalue weighted by atomic mass is 35.5. The summed E-state index contributed by atoms with van der Waals surface area (Å²) in [6.45, 7) is 3.74. The van der Waals surface area contributed by atoms with Crippen molar-refractivity contribution in [3.63, 3.8) is 0 Å². The number of halogens is 2. The van der Waals surface area contributed by atoms with Crippen molar-refractivity contribution in [2.75, 3.05) is 25.5 Å². The van der Waals surface area contributed by atoms with Crippen LogP contribution >= 0.6 is 23.2 Å². The Morgan fingerprint density at radius 2 is 1.86 bits per heavy atom. The van der Waals surface area contributed by atoms with Crippen LogP contribution in [0.25, 0.3) is 0 Å². The van der Waals surface area contributed by atoms with Gasteiger partial charge in [0.1, 0.15) is 5.69 Å². The highest BCUT2D eigenvalue weighted by Gasteiger charge is 2.27. The van der Waals surface area contributed by atoms with Crippen molar-refractivity contribution in [3.8, 4) is 5.75 Å². The van der Waals surface area contributed by atoms with Crippen molar-refractivity contribution in [2.24, 2.45) is 0 Å². The predicted molar refractivity (Wildman–Crippen MR) is 117 cm³/mol. The number of ether oxygens (including phenoxy) is 1. The van der Waals surface area contributed by atoms with Crippen LogP contribution < -0.4 is 20.9 Å². The zero-order valence-corrected chi connectivity index (χ0v) is 17.6. The minimum Gasteiger partial charge on any atom is -0.488 e. The molecular formula is C22H20Cl2N2O3. The van der Waals surface area contributed by atoms with Crippen molar-refractivity contribution >= 4 is 34.6 Å². The largest absolute Gasteiger partial charge is 0.488 e. The molecule has 0 bridgehead atoms. The van der Waals surface area contributed by atoms with Gasteiger partial charge in [-0.1, -0.05) is 35.3 Å². The van der Waals surface area contributed by atoms with Crippen LogP contribution in [0.15, 0.2) is 46.0 Å². The van der Waals surface area contributed by atoms with Gasteiger partial charge in [0.25, 0.3) is 10.9 Å². The maximum absolute atomic E-state index is 11.8. The Kier molecular flexibility index (Phi) is 5.38. The molecule has 7 heteroatoms. The Labute approximate surface area is 178 Å². The number of nitrogens with zero attached hydrogens (tertiary/aromatic N) is 1. The molecule has 0 radical (unpaired) electrons. The van der Waals surface area contributed by atoms with E-state index in [9.17, 15) is 9.59 Å². The van der Waals surface area contributed by atoms with E-state index in [0.29, 0.717) is 16.7 Å². The topological polar surface area (TPSA) is 58.6 Å². The van der Waals surface area contributed by atoms with Crippen molar-refractivity contribution in [1.29, 1.82) is 0 Å². The molecule has 29 heavy (non-hydrogen) atoms. The summed E-state index contributed by atoms with van der Waals surface area (Å²) in [5.74, 6) is 0.243. The SMILES string of the molecule is CCOc1c(Nc2ccc([C@@H]3CN(C)Cc4c(Cl)cc(Cl)cc43)cc2)c(=O)c1=O. The second-order valence-corrected chi connectivity index (χ2v) is 8.09. The van der Waals surface area contributed by atoms with Gasteiger partial charge in [0, 0.05) is 34.7 Å². The molecule has 1 heterocycles. The Bertz CT molecular complexity index is 1130. The lowest BCUT2D eigenvalue weighted by Crippen LogP contribution is -2.35. The van der Waals surface area contributed by atoms with Crippen LogP contribution in [-0.2, 0) is 6.54 Å². The van der Waals surface area contributed by atoms with E-state index in [2.05, 4.69) is 17.3 Å². The van der Waals surface area contributed by atoms with Gasteiger partial charge in [-0.05, 0) is 54.9 Å². The Balaban J connectivity index is 1.62. The summed E-state index contributed by atoms with van der Waals surface area (Å²) in [5, 5.41) is 4.32. The van der Waals surface area contributed by atoms with Crippen molar-refractivity contribution < 1.29 is 4.74 Å². The molecule has 0 amide bonds. The van der Waals surface area contributed by atoms with Gasteiger partial charge in [0.05, 0.1) is 6.61 Å². The first-order valence-electron chi connectivity index (χ1n) is 9.38. The fourth-order valence-corrected chi connectivity index (χ4v) is 4.41. The van der Waals surface area contributed by atoms with Crippen LogP contribution in [0.5, 0.6) is 5.75 Å². The summed E-state index contributed by atoms with van der Waals surface area (Å²) in [6.07, 6.45) is 0. The van der Waals surface area contributed by atoms with E-state index in [4.69, 9.17) is 27.9 Å². The van der Waals surface area contributed by atoms with Crippen molar-refractivity contribution in [2.45, 2.75) is 19.4 Å². The lowest BCUT2D eigenvalue weighted by Gasteiger charge is -2.33. The van der Waals surface area contributed by atoms with E-state index in [1.54, 1.807) is 13.0 Å². The van der Waals surface area contributed by atoms with Gasteiger partial charge in [-0.15, -0.1) is 0 Å². The molecule has 1 atom stereocenters. The first-order chi connectivity index (χ1) is 13.9. The van der Waals surface area contributed by atoms with Gasteiger partial charge in [-0.3, -0.25) is 9.59 Å². The normalized spacial score (nSPS) is 16.6. The summed E-state index contributed by atoms with van der Waals surface area (Å²) in [5.41, 5.74) is 3.16. The minimum absolute atomic E-state index is 0.105. The summed E-state index contributed by atoms with van der Waals surface area (Å²) < 4.78 is 5.25. The monoisotopic (exact) mass is 430 g/mol. The third kappa shape index (κ3) is 3.66. The highest BCUT2D eigenvalue weighted by molar-refractivity contribution is 6.35. The third-order valence-corrected chi connectivity index (χ3v) is 5.79. The van der Waals surface area contributed by atoms with Crippen molar-refractivity contribution in [3.05, 3.63) is 83.6 Å². The van der Waals surface area contributed by atoms with Gasteiger partial charge < -0.3 is 15.0 Å². The van der Waals surface area contributed by atoms with E-state index < -0.39 is 10.9 Å².